The van der Waals surface area contributed by atoms with E-state index in [-0.39, 0.29) is 30.0 Å². The molecule has 0 bridgehead atoms. The van der Waals surface area contributed by atoms with E-state index in [0.717, 1.165) is 31.2 Å². The highest BCUT2D eigenvalue weighted by molar-refractivity contribution is 5.66. The summed E-state index contributed by atoms with van der Waals surface area (Å²) in [6.45, 7) is 1.93. The van der Waals surface area contributed by atoms with Crippen LogP contribution in [0.15, 0.2) is 29.4 Å². The van der Waals surface area contributed by atoms with Crippen LogP contribution in [0.4, 0.5) is 4.39 Å². The Morgan fingerprint density at radius 3 is 2.61 bits per heavy atom. The number of nitroso groups, excluding NO2 is 1. The fraction of sp³-hybridized carbons (Fsp3) is 0.708. The molecule has 7 heteroatoms. The Labute approximate surface area is 183 Å². The Morgan fingerprint density at radius 1 is 1.19 bits per heavy atom. The van der Waals surface area contributed by atoms with E-state index in [2.05, 4.69) is 5.18 Å². The summed E-state index contributed by atoms with van der Waals surface area (Å²) in [6, 6.07) is 5.96. The van der Waals surface area contributed by atoms with Crippen LogP contribution in [-0.2, 0) is 11.2 Å². The monoisotopic (exact) mass is 437 g/mol. The number of aliphatic carboxylic acids is 1. The highest BCUT2D eigenvalue weighted by Gasteiger charge is 2.42. The second-order valence-corrected chi connectivity index (χ2v) is 9.11. The summed E-state index contributed by atoms with van der Waals surface area (Å²) in [4.78, 5) is 21.9. The van der Waals surface area contributed by atoms with E-state index in [1.807, 2.05) is 13.0 Å². The maximum Gasteiger partial charge on any atom is 0.303 e. The maximum atomic E-state index is 13.4. The number of halogens is 1. The van der Waals surface area contributed by atoms with Crippen LogP contribution in [0.25, 0.3) is 0 Å². The van der Waals surface area contributed by atoms with E-state index in [0.29, 0.717) is 32.1 Å². The van der Waals surface area contributed by atoms with Gasteiger partial charge >= 0.3 is 5.97 Å². The van der Waals surface area contributed by atoms with Gasteiger partial charge in [-0.2, -0.15) is 4.91 Å². The Hall–Kier alpha value is -1.86. The number of carbonyl (C=O) groups is 1. The molecule has 31 heavy (non-hydrogen) atoms. The molecule has 6 nitrogen and oxygen atoms in total. The highest BCUT2D eigenvalue weighted by atomic mass is 19.1. The Kier molecular flexibility index (Phi) is 10.5. The average Bonchev–Trinajstić information content (AvgIpc) is 3.03. The zero-order chi connectivity index (χ0) is 22.8. The number of carboxylic acid groups (broad SMARTS) is 1. The van der Waals surface area contributed by atoms with Gasteiger partial charge in [0.05, 0.1) is 18.2 Å². The van der Waals surface area contributed by atoms with Crippen molar-refractivity contribution in [2.75, 3.05) is 0 Å². The van der Waals surface area contributed by atoms with E-state index in [9.17, 15) is 24.3 Å². The molecule has 3 N–H and O–H groups in total. The molecule has 174 valence electrons. The number of nitrogens with zero attached hydrogens (tertiary/aromatic N) is 1. The maximum absolute atomic E-state index is 13.4. The van der Waals surface area contributed by atoms with Crippen LogP contribution in [0.3, 0.4) is 0 Å². The molecule has 0 aliphatic heterocycles. The summed E-state index contributed by atoms with van der Waals surface area (Å²) in [5, 5.41) is 33.0. The minimum atomic E-state index is -0.781. The lowest BCUT2D eigenvalue weighted by Gasteiger charge is -2.26. The van der Waals surface area contributed by atoms with Gasteiger partial charge in [-0.3, -0.25) is 4.79 Å². The summed E-state index contributed by atoms with van der Waals surface area (Å²) in [6.07, 6.45) is 5.15. The lowest BCUT2D eigenvalue weighted by Crippen LogP contribution is -2.26. The number of carboxylic acids is 1. The average molecular weight is 438 g/mol. The summed E-state index contributed by atoms with van der Waals surface area (Å²) < 4.78 is 13.4. The standard InChI is InChI=1S/C24H36FNO5/c1-16(13-17-7-6-8-18(25)14-17)22(27)12-11-19-20(23(28)15-21(19)26-31)9-4-2-3-5-10-24(29)30/h6-8,14,16,19-23,27-28H,2-5,9-13,15H2,1H3,(H,29,30)/t16?,19-,20-,21?,22-,23+/m1/s1. The van der Waals surface area contributed by atoms with Crippen molar-refractivity contribution in [3.05, 3.63) is 40.6 Å². The number of aliphatic hydroxyl groups excluding tert-OH is 2. The van der Waals surface area contributed by atoms with Gasteiger partial charge in [-0.15, -0.1) is 0 Å². The van der Waals surface area contributed by atoms with Crippen molar-refractivity contribution < 1.29 is 24.5 Å². The highest BCUT2D eigenvalue weighted by Crippen LogP contribution is 2.41. The van der Waals surface area contributed by atoms with Crippen molar-refractivity contribution in [1.82, 2.24) is 0 Å². The predicted octanol–water partition coefficient (Wildman–Crippen LogP) is 4.70. The largest absolute Gasteiger partial charge is 0.481 e. The molecule has 0 radical (unpaired) electrons. The molecule has 0 aromatic heterocycles. The van der Waals surface area contributed by atoms with E-state index < -0.39 is 24.2 Å². The molecular weight excluding hydrogens is 401 g/mol. The van der Waals surface area contributed by atoms with E-state index in [1.165, 1.54) is 12.1 Å². The Balaban J connectivity index is 1.82. The Bertz CT molecular complexity index is 700. The second kappa shape index (κ2) is 12.9. The van der Waals surface area contributed by atoms with Gasteiger partial charge in [0.2, 0.25) is 0 Å². The third kappa shape index (κ3) is 8.30. The van der Waals surface area contributed by atoms with Crippen molar-refractivity contribution in [3.63, 3.8) is 0 Å². The number of benzene rings is 1. The summed E-state index contributed by atoms with van der Waals surface area (Å²) >= 11 is 0. The lowest BCUT2D eigenvalue weighted by atomic mass is 9.82. The molecule has 1 aromatic rings. The number of rotatable bonds is 14. The molecule has 0 saturated heterocycles. The topological polar surface area (TPSA) is 107 Å². The molecular formula is C24H36FNO5. The van der Waals surface area contributed by atoms with Gasteiger partial charge in [0.1, 0.15) is 5.82 Å². The number of hydrogen-bond donors (Lipinski definition) is 3. The third-order valence-electron chi connectivity index (χ3n) is 6.73. The minimum Gasteiger partial charge on any atom is -0.481 e. The normalized spacial score (nSPS) is 25.3. The van der Waals surface area contributed by atoms with E-state index in [1.54, 1.807) is 6.07 Å². The zero-order valence-electron chi connectivity index (χ0n) is 18.3. The number of hydrogen-bond acceptors (Lipinski definition) is 5. The molecule has 1 aromatic carbocycles. The molecule has 0 amide bonds. The van der Waals surface area contributed by atoms with Crippen molar-refractivity contribution in [2.24, 2.45) is 22.9 Å². The Morgan fingerprint density at radius 2 is 1.94 bits per heavy atom. The summed E-state index contributed by atoms with van der Waals surface area (Å²) in [5.41, 5.74) is 0.844. The molecule has 1 aliphatic rings. The first-order valence-electron chi connectivity index (χ1n) is 11.5. The SMILES string of the molecule is CC(Cc1cccc(F)c1)[C@H](O)CC[C@H]1C(N=O)C[C@H](O)[C@@H]1CCCCCCC(=O)O. The van der Waals surface area contributed by atoms with Gasteiger partial charge in [-0.1, -0.05) is 43.5 Å². The van der Waals surface area contributed by atoms with Crippen LogP contribution < -0.4 is 0 Å². The van der Waals surface area contributed by atoms with Gasteiger partial charge in [-0.25, -0.2) is 4.39 Å². The van der Waals surface area contributed by atoms with Crippen molar-refractivity contribution in [3.8, 4) is 0 Å². The molecule has 1 fully saturated rings. The van der Waals surface area contributed by atoms with Crippen LogP contribution in [-0.4, -0.2) is 39.5 Å². The van der Waals surface area contributed by atoms with E-state index in [4.69, 9.17) is 5.11 Å². The molecule has 1 aliphatic carbocycles. The number of unbranched alkanes of at least 4 members (excludes halogenated alkanes) is 3. The van der Waals surface area contributed by atoms with Crippen molar-refractivity contribution in [1.29, 1.82) is 0 Å². The van der Waals surface area contributed by atoms with Crippen LogP contribution in [0.2, 0.25) is 0 Å². The third-order valence-corrected chi connectivity index (χ3v) is 6.73. The first-order valence-corrected chi connectivity index (χ1v) is 11.5. The van der Waals surface area contributed by atoms with Crippen LogP contribution >= 0.6 is 0 Å². The number of aliphatic hydroxyl groups is 2. The first-order chi connectivity index (χ1) is 14.8. The molecule has 0 spiro atoms. The van der Waals surface area contributed by atoms with Crippen LogP contribution in [0.5, 0.6) is 0 Å². The molecule has 1 saturated carbocycles. The molecule has 2 unspecified atom stereocenters. The summed E-state index contributed by atoms with van der Waals surface area (Å²) in [5.74, 6) is -1.19. The van der Waals surface area contributed by atoms with Gasteiger partial charge in [0.15, 0.2) is 0 Å². The smallest absolute Gasteiger partial charge is 0.303 e. The van der Waals surface area contributed by atoms with Crippen molar-refractivity contribution in [2.45, 2.75) is 89.4 Å². The van der Waals surface area contributed by atoms with Crippen molar-refractivity contribution >= 4 is 5.97 Å². The van der Waals surface area contributed by atoms with E-state index >= 15 is 0 Å². The van der Waals surface area contributed by atoms with Gasteiger partial charge in [0.25, 0.3) is 0 Å². The fourth-order valence-corrected chi connectivity index (χ4v) is 4.93. The second-order valence-electron chi connectivity index (χ2n) is 9.11. The summed E-state index contributed by atoms with van der Waals surface area (Å²) in [7, 11) is 0. The van der Waals surface area contributed by atoms with Crippen LogP contribution in [0, 0.1) is 28.5 Å². The van der Waals surface area contributed by atoms with Crippen LogP contribution in [0.1, 0.15) is 70.3 Å². The molecule has 0 heterocycles. The van der Waals surface area contributed by atoms with Gasteiger partial charge in [0, 0.05) is 6.42 Å². The van der Waals surface area contributed by atoms with Gasteiger partial charge < -0.3 is 15.3 Å². The lowest BCUT2D eigenvalue weighted by molar-refractivity contribution is -0.137. The molecule has 6 atom stereocenters. The predicted molar refractivity (Wildman–Crippen MR) is 117 cm³/mol. The van der Waals surface area contributed by atoms with Gasteiger partial charge in [-0.05, 0) is 74.0 Å². The zero-order valence-corrected chi connectivity index (χ0v) is 18.3. The molecule has 2 rings (SSSR count). The minimum absolute atomic E-state index is 0.0205. The fourth-order valence-electron chi connectivity index (χ4n) is 4.93. The quantitative estimate of drug-likeness (QED) is 0.289. The first kappa shape index (κ1) is 25.4.